The van der Waals surface area contributed by atoms with Crippen LogP contribution >= 0.6 is 11.3 Å². The third kappa shape index (κ3) is 4.07. The molecule has 0 radical (unpaired) electrons. The molecule has 0 bridgehead atoms. The number of aromatic nitrogens is 3. The fourth-order valence-corrected chi connectivity index (χ4v) is 5.59. The molecule has 174 valence electrons. The predicted octanol–water partition coefficient (Wildman–Crippen LogP) is 8.91. The maximum absolute atomic E-state index is 8.38. The summed E-state index contributed by atoms with van der Waals surface area (Å²) in [5.41, 5.74) is 3.46. The molecule has 5 aromatic carbocycles. The quantitative estimate of drug-likeness (QED) is 0.244. The summed E-state index contributed by atoms with van der Waals surface area (Å²) in [5.74, 6) is 1.76. The van der Waals surface area contributed by atoms with Gasteiger partial charge < -0.3 is 0 Å². The molecule has 7 aromatic rings. The van der Waals surface area contributed by atoms with Gasteiger partial charge in [0, 0.05) is 36.9 Å². The van der Waals surface area contributed by atoms with Crippen molar-refractivity contribution >= 4 is 31.5 Å². The smallest absolute Gasteiger partial charge is 0.164 e. The van der Waals surface area contributed by atoms with Crippen LogP contribution in [-0.4, -0.2) is 15.0 Å². The highest BCUT2D eigenvalue weighted by molar-refractivity contribution is 7.25. The van der Waals surface area contributed by atoms with Crippen molar-refractivity contribution < 1.29 is 6.85 Å². The average molecular weight is 497 g/mol. The summed E-state index contributed by atoms with van der Waals surface area (Å²) in [5, 5.41) is 2.09. The molecule has 7 rings (SSSR count). The molecule has 0 atom stereocenters. The van der Waals surface area contributed by atoms with E-state index < -0.39 is 6.04 Å². The van der Waals surface area contributed by atoms with Crippen molar-refractivity contribution in [3.8, 4) is 45.3 Å². The molecule has 0 spiro atoms. The van der Waals surface area contributed by atoms with Crippen molar-refractivity contribution in [1.29, 1.82) is 0 Å². The largest absolute Gasteiger partial charge is 0.208 e. The first-order chi connectivity index (χ1) is 20.4. The molecule has 0 aliphatic rings. The molecule has 0 aliphatic carbocycles. The van der Waals surface area contributed by atoms with E-state index in [2.05, 4.69) is 12.1 Å². The number of thiophene rings is 1. The zero-order valence-corrected chi connectivity index (χ0v) is 20.3. The van der Waals surface area contributed by atoms with E-state index in [0.29, 0.717) is 23.0 Å². The van der Waals surface area contributed by atoms with E-state index in [1.165, 1.54) is 0 Å². The molecule has 2 aromatic heterocycles. The van der Waals surface area contributed by atoms with Crippen LogP contribution in [-0.2, 0) is 0 Å². The molecule has 0 unspecified atom stereocenters. The number of hydrogen-bond donors (Lipinski definition) is 0. The van der Waals surface area contributed by atoms with Crippen LogP contribution in [0.2, 0.25) is 0 Å². The number of fused-ring (bicyclic) bond motifs is 3. The van der Waals surface area contributed by atoms with Gasteiger partial charge in [-0.2, -0.15) is 0 Å². The maximum atomic E-state index is 8.38. The summed E-state index contributed by atoms with van der Waals surface area (Å²) in [6, 6.07) is 30.0. The Morgan fingerprint density at radius 1 is 0.459 bits per heavy atom. The fourth-order valence-electron chi connectivity index (χ4n) is 4.40. The van der Waals surface area contributed by atoms with Gasteiger partial charge in [0.25, 0.3) is 0 Å². The standard InChI is InChI=1S/C33H21N3S/c1-4-10-22(11-5-1)25-16-18-27-28-19-17-26(21-30(28)37-29(27)20-25)33-35-31(23-12-6-2-7-13-23)34-32(36-33)24-14-8-3-9-15-24/h1-21H/i1D,4D,5D,10D,11D. The van der Waals surface area contributed by atoms with Crippen molar-refractivity contribution in [2.75, 3.05) is 0 Å². The number of hydrogen-bond acceptors (Lipinski definition) is 4. The summed E-state index contributed by atoms with van der Waals surface area (Å²) in [7, 11) is 0. The Labute approximate surface area is 225 Å². The van der Waals surface area contributed by atoms with Gasteiger partial charge in [0.2, 0.25) is 0 Å². The second kappa shape index (κ2) is 9.08. The van der Waals surface area contributed by atoms with E-state index in [-0.39, 0.29) is 29.7 Å². The normalized spacial score (nSPS) is 13.1. The highest BCUT2D eigenvalue weighted by Crippen LogP contribution is 2.38. The number of benzene rings is 5. The van der Waals surface area contributed by atoms with Crippen LogP contribution in [0.3, 0.4) is 0 Å². The van der Waals surface area contributed by atoms with Gasteiger partial charge in [-0.25, -0.2) is 15.0 Å². The van der Waals surface area contributed by atoms with Crippen molar-refractivity contribution in [2.24, 2.45) is 0 Å². The molecular weight excluding hydrogens is 470 g/mol. The molecule has 4 heteroatoms. The van der Waals surface area contributed by atoms with Crippen LogP contribution in [0.5, 0.6) is 0 Å². The van der Waals surface area contributed by atoms with Gasteiger partial charge in [-0.15, -0.1) is 11.3 Å². The minimum absolute atomic E-state index is 0.202. The molecule has 0 N–H and O–H groups in total. The van der Waals surface area contributed by atoms with Gasteiger partial charge in [0.1, 0.15) is 0 Å². The van der Waals surface area contributed by atoms with Gasteiger partial charge in [0.15, 0.2) is 17.5 Å². The van der Waals surface area contributed by atoms with Crippen LogP contribution in [0.4, 0.5) is 0 Å². The molecule has 0 fully saturated rings. The monoisotopic (exact) mass is 496 g/mol. The van der Waals surface area contributed by atoms with Gasteiger partial charge in [-0.1, -0.05) is 115 Å². The summed E-state index contributed by atoms with van der Waals surface area (Å²) >= 11 is 1.58. The zero-order chi connectivity index (χ0) is 29.0. The van der Waals surface area contributed by atoms with Crippen molar-refractivity contribution in [3.63, 3.8) is 0 Å². The molecule has 2 heterocycles. The van der Waals surface area contributed by atoms with E-state index >= 15 is 0 Å². The Balaban J connectivity index is 1.37. The average Bonchev–Trinajstić information content (AvgIpc) is 3.40. The highest BCUT2D eigenvalue weighted by Gasteiger charge is 2.14. The first kappa shape index (κ1) is 16.9. The van der Waals surface area contributed by atoms with E-state index in [9.17, 15) is 0 Å². The van der Waals surface area contributed by atoms with Crippen molar-refractivity contribution in [3.05, 3.63) is 127 Å². The molecule has 37 heavy (non-hydrogen) atoms. The SMILES string of the molecule is [2H]c1c([2H])c([2H])c(-c2ccc3c(c2)sc2cc(-c4nc(-c5ccccc5)nc(-c5ccccc5)n4)ccc23)c([2H])c1[2H]. The lowest BCUT2D eigenvalue weighted by Gasteiger charge is -2.08. The lowest BCUT2D eigenvalue weighted by Crippen LogP contribution is -1.99. The van der Waals surface area contributed by atoms with Crippen molar-refractivity contribution in [2.45, 2.75) is 0 Å². The van der Waals surface area contributed by atoms with Gasteiger partial charge in [-0.05, 0) is 23.3 Å². The highest BCUT2D eigenvalue weighted by atomic mass is 32.1. The van der Waals surface area contributed by atoms with Gasteiger partial charge >= 0.3 is 0 Å². The van der Waals surface area contributed by atoms with Crippen molar-refractivity contribution in [1.82, 2.24) is 15.0 Å². The Bertz CT molecular complexity index is 2060. The van der Waals surface area contributed by atoms with Gasteiger partial charge in [-0.3, -0.25) is 0 Å². The summed E-state index contributed by atoms with van der Waals surface area (Å²) < 4.78 is 42.8. The van der Waals surface area contributed by atoms with E-state index in [4.69, 9.17) is 21.8 Å². The van der Waals surface area contributed by atoms with E-state index in [0.717, 1.165) is 36.9 Å². The van der Waals surface area contributed by atoms with Crippen LogP contribution < -0.4 is 0 Å². The Kier molecular flexibility index (Phi) is 4.15. The maximum Gasteiger partial charge on any atom is 0.164 e. The van der Waals surface area contributed by atoms with Crippen LogP contribution in [0.15, 0.2) is 127 Å². The van der Waals surface area contributed by atoms with Crippen LogP contribution in [0.1, 0.15) is 6.85 Å². The first-order valence-electron chi connectivity index (χ1n) is 14.3. The van der Waals surface area contributed by atoms with E-state index in [1.54, 1.807) is 11.3 Å². The summed E-state index contributed by atoms with van der Waals surface area (Å²) in [6.07, 6.45) is 0. The number of nitrogens with zero attached hydrogens (tertiary/aromatic N) is 3. The molecule has 0 saturated heterocycles. The Morgan fingerprint density at radius 3 is 1.51 bits per heavy atom. The fraction of sp³-hybridized carbons (Fsp3) is 0. The molecule has 0 saturated carbocycles. The molecule has 3 nitrogen and oxygen atoms in total. The molecule has 0 aliphatic heterocycles. The first-order valence-corrected chi connectivity index (χ1v) is 12.6. The van der Waals surface area contributed by atoms with Crippen LogP contribution in [0.25, 0.3) is 65.5 Å². The van der Waals surface area contributed by atoms with Crippen LogP contribution in [0, 0.1) is 0 Å². The van der Waals surface area contributed by atoms with Gasteiger partial charge in [0.05, 0.1) is 6.85 Å². The summed E-state index contributed by atoms with van der Waals surface area (Å²) in [4.78, 5) is 14.5. The lowest BCUT2D eigenvalue weighted by molar-refractivity contribution is 1.07. The second-order valence-corrected chi connectivity index (χ2v) is 9.65. The lowest BCUT2D eigenvalue weighted by atomic mass is 10.0. The Morgan fingerprint density at radius 2 is 0.946 bits per heavy atom. The zero-order valence-electron chi connectivity index (χ0n) is 24.5. The topological polar surface area (TPSA) is 38.7 Å². The Hall–Kier alpha value is -4.67. The van der Waals surface area contributed by atoms with E-state index in [1.807, 2.05) is 84.9 Å². The molecular formula is C33H21N3S. The second-order valence-electron chi connectivity index (χ2n) is 8.56. The minimum atomic E-state index is -0.395. The number of rotatable bonds is 4. The predicted molar refractivity (Wildman–Crippen MR) is 154 cm³/mol. The summed E-state index contributed by atoms with van der Waals surface area (Å²) in [6.45, 7) is 0. The molecule has 0 amide bonds. The third-order valence-corrected chi connectivity index (χ3v) is 7.33. The third-order valence-electron chi connectivity index (χ3n) is 6.22. The minimum Gasteiger partial charge on any atom is -0.208 e.